The number of carbonyl (C=O) groups is 2. The lowest BCUT2D eigenvalue weighted by Crippen LogP contribution is -2.37. The number of hydrogen-bond acceptors (Lipinski definition) is 7. The first kappa shape index (κ1) is 79.6. The number of unbranched alkanes of at least 4 members (excludes halogenated alkanes) is 19. The van der Waals surface area contributed by atoms with E-state index < -0.39 is 26.5 Å². The molecule has 84 heavy (non-hydrogen) atoms. The van der Waals surface area contributed by atoms with Gasteiger partial charge in [0.1, 0.15) is 19.8 Å². The molecule has 0 aliphatic carbocycles. The van der Waals surface area contributed by atoms with Crippen LogP contribution < -0.4 is 0 Å². The second kappa shape index (κ2) is 63.1. The monoisotopic (exact) mass is 1180 g/mol. The molecule has 0 amide bonds. The first-order valence-electron chi connectivity index (χ1n) is 33.2. The minimum Gasteiger partial charge on any atom is -0.462 e. The molecule has 10 heteroatoms. The topological polar surface area (TPSA) is 108 Å². The molecule has 476 valence electrons. The fourth-order valence-corrected chi connectivity index (χ4v) is 9.20. The summed E-state index contributed by atoms with van der Waals surface area (Å²) in [7, 11) is 1.43. The van der Waals surface area contributed by atoms with Gasteiger partial charge in [0.25, 0.3) is 0 Å². The third-order valence-corrected chi connectivity index (χ3v) is 14.5. The standard InChI is InChI=1S/C74H122NO8P/c1-6-8-10-12-14-16-18-20-22-24-26-28-30-31-32-33-34-35-36-37-38-39-40-41-42-43-45-47-49-51-53-55-57-59-61-63-65-67-74(77)83-72(71-82-84(78,79)81-69-68-75(3,4)5)70-80-73(76)66-64-62-60-58-56-54-52-50-48-46-44-29-27-25-23-21-19-17-15-13-11-9-7-2/h8,10,14,16,19-22,25-28,31-32,34-35,37-38,40-41,43,45,49,51,55,57,72H,6-7,9,11-13,15,17-18,23-24,29-30,33,36,39,42,44,46-48,50,52-54,56,58-71H2,1-5H3/p+1/b10-8-,16-14-,21-19-,22-20-,27-25-,28-26-,32-31-,35-34-,38-37-,41-40-,45-43-,51-49-,57-55-. The molecule has 0 spiro atoms. The van der Waals surface area contributed by atoms with Crippen LogP contribution in [0.1, 0.15) is 245 Å². The van der Waals surface area contributed by atoms with Crippen LogP contribution in [0.5, 0.6) is 0 Å². The highest BCUT2D eigenvalue weighted by Crippen LogP contribution is 2.43. The molecule has 9 nitrogen and oxygen atoms in total. The van der Waals surface area contributed by atoms with Gasteiger partial charge in [0.2, 0.25) is 0 Å². The lowest BCUT2D eigenvalue weighted by atomic mass is 10.0. The van der Waals surface area contributed by atoms with Gasteiger partial charge < -0.3 is 18.9 Å². The number of quaternary nitrogens is 1. The second-order valence-corrected chi connectivity index (χ2v) is 24.2. The predicted molar refractivity (Wildman–Crippen MR) is 362 cm³/mol. The molecule has 0 fully saturated rings. The van der Waals surface area contributed by atoms with E-state index in [1.807, 2.05) is 21.1 Å². The Morgan fingerprint density at radius 3 is 1.02 bits per heavy atom. The first-order chi connectivity index (χ1) is 41.0. The zero-order valence-electron chi connectivity index (χ0n) is 54.1. The number of phosphoric acid groups is 1. The highest BCUT2D eigenvalue weighted by molar-refractivity contribution is 7.47. The summed E-state index contributed by atoms with van der Waals surface area (Å²) in [5.41, 5.74) is 0. The predicted octanol–water partition coefficient (Wildman–Crippen LogP) is 21.6. The van der Waals surface area contributed by atoms with E-state index in [1.54, 1.807) is 0 Å². The van der Waals surface area contributed by atoms with E-state index in [0.29, 0.717) is 17.4 Å². The van der Waals surface area contributed by atoms with Gasteiger partial charge in [-0.1, -0.05) is 262 Å². The van der Waals surface area contributed by atoms with E-state index in [0.717, 1.165) is 116 Å². The highest BCUT2D eigenvalue weighted by atomic mass is 31.2. The van der Waals surface area contributed by atoms with Gasteiger partial charge in [0, 0.05) is 12.8 Å². The Bertz CT molecular complexity index is 1970. The second-order valence-electron chi connectivity index (χ2n) is 22.8. The van der Waals surface area contributed by atoms with Crippen molar-refractivity contribution in [1.82, 2.24) is 0 Å². The number of ether oxygens (including phenoxy) is 2. The van der Waals surface area contributed by atoms with Crippen molar-refractivity contribution in [3.8, 4) is 0 Å². The average molecular weight is 1190 g/mol. The molecule has 0 aromatic rings. The molecule has 0 heterocycles. The van der Waals surface area contributed by atoms with E-state index in [1.165, 1.54) is 96.3 Å². The van der Waals surface area contributed by atoms with E-state index in [-0.39, 0.29) is 32.0 Å². The fourth-order valence-electron chi connectivity index (χ4n) is 8.46. The molecule has 0 rings (SSSR count). The maximum absolute atomic E-state index is 12.8. The van der Waals surface area contributed by atoms with Crippen LogP contribution in [0, 0.1) is 0 Å². The molecule has 1 N–H and O–H groups in total. The number of allylic oxidation sites excluding steroid dienone is 26. The normalized spacial score (nSPS) is 14.2. The van der Waals surface area contributed by atoms with Crippen LogP contribution in [0.25, 0.3) is 0 Å². The van der Waals surface area contributed by atoms with Crippen molar-refractivity contribution in [3.63, 3.8) is 0 Å². The van der Waals surface area contributed by atoms with E-state index in [2.05, 4.69) is 172 Å². The quantitative estimate of drug-likeness (QED) is 0.0211. The summed E-state index contributed by atoms with van der Waals surface area (Å²) < 4.78 is 34.6. The van der Waals surface area contributed by atoms with E-state index in [9.17, 15) is 19.0 Å². The summed E-state index contributed by atoms with van der Waals surface area (Å²) in [6.45, 7) is 4.26. The average Bonchev–Trinajstić information content (AvgIpc) is 3.61. The fraction of sp³-hybridized carbons (Fsp3) is 0.622. The van der Waals surface area contributed by atoms with E-state index >= 15 is 0 Å². The Kier molecular flexibility index (Phi) is 59.9. The van der Waals surface area contributed by atoms with Crippen LogP contribution in [-0.4, -0.2) is 74.9 Å². The molecule has 0 saturated heterocycles. The Balaban J connectivity index is 4.23. The van der Waals surface area contributed by atoms with E-state index in [4.69, 9.17) is 18.5 Å². The van der Waals surface area contributed by atoms with Crippen LogP contribution >= 0.6 is 7.82 Å². The molecule has 0 bridgehead atoms. The summed E-state index contributed by atoms with van der Waals surface area (Å²) in [6.07, 6.45) is 94.7. The molecule has 0 aliphatic rings. The van der Waals surface area contributed by atoms with Gasteiger partial charge in [-0.2, -0.15) is 0 Å². The number of esters is 2. The SMILES string of the molecule is CC/C=C\C/C=C\C/C=C\C/C=C\C/C=C\C/C=C\C/C=C\C/C=C\C/C=C\C/C=C\C/C=C\CCCCCC(=O)OC(COC(=O)CCCCCCCCCCCCC/C=C\C/C=C\CCCCCCC)COP(=O)(O)OCC[N+](C)(C)C. The third-order valence-electron chi connectivity index (χ3n) is 13.5. The summed E-state index contributed by atoms with van der Waals surface area (Å²) in [5, 5.41) is 0. The molecule has 0 aliphatic heterocycles. The Labute approximate surface area is 516 Å². The van der Waals surface area contributed by atoms with Gasteiger partial charge in [-0.3, -0.25) is 18.6 Å². The van der Waals surface area contributed by atoms with Gasteiger partial charge in [0.05, 0.1) is 27.7 Å². The third kappa shape index (κ3) is 66.8. The molecule has 2 unspecified atom stereocenters. The van der Waals surface area contributed by atoms with Crippen LogP contribution in [0.15, 0.2) is 158 Å². The molecular formula is C74H123NO8P+. The largest absolute Gasteiger partial charge is 0.472 e. The molecule has 0 aromatic carbocycles. The van der Waals surface area contributed by atoms with Crippen molar-refractivity contribution < 1.29 is 42.1 Å². The molecule has 0 saturated carbocycles. The Morgan fingerprint density at radius 2 is 0.679 bits per heavy atom. The van der Waals surface area contributed by atoms with Gasteiger partial charge >= 0.3 is 19.8 Å². The number of hydrogen-bond donors (Lipinski definition) is 1. The Hall–Kier alpha value is -4.37. The smallest absolute Gasteiger partial charge is 0.462 e. The highest BCUT2D eigenvalue weighted by Gasteiger charge is 2.27. The van der Waals surface area contributed by atoms with Gasteiger partial charge in [0.15, 0.2) is 6.10 Å². The number of phosphoric ester groups is 1. The number of nitrogens with zero attached hydrogens (tertiary/aromatic N) is 1. The summed E-state index contributed by atoms with van der Waals surface area (Å²) >= 11 is 0. The van der Waals surface area contributed by atoms with Crippen LogP contribution in [0.4, 0.5) is 0 Å². The van der Waals surface area contributed by atoms with Crippen molar-refractivity contribution in [1.29, 1.82) is 0 Å². The minimum atomic E-state index is -4.41. The van der Waals surface area contributed by atoms with Gasteiger partial charge in [-0.25, -0.2) is 4.57 Å². The van der Waals surface area contributed by atoms with Crippen molar-refractivity contribution >= 4 is 19.8 Å². The number of rotatable bonds is 59. The molecule has 0 aromatic heterocycles. The Morgan fingerprint density at radius 1 is 0.381 bits per heavy atom. The molecule has 2 atom stereocenters. The zero-order chi connectivity index (χ0) is 61.2. The van der Waals surface area contributed by atoms with Gasteiger partial charge in [-0.05, 0) is 128 Å². The van der Waals surface area contributed by atoms with Crippen LogP contribution in [0.2, 0.25) is 0 Å². The van der Waals surface area contributed by atoms with Gasteiger partial charge in [-0.15, -0.1) is 0 Å². The summed E-state index contributed by atoms with van der Waals surface area (Å²) in [4.78, 5) is 35.8. The van der Waals surface area contributed by atoms with Crippen molar-refractivity contribution in [3.05, 3.63) is 158 Å². The van der Waals surface area contributed by atoms with Crippen LogP contribution in [0.3, 0.4) is 0 Å². The summed E-state index contributed by atoms with van der Waals surface area (Å²) in [6, 6.07) is 0. The maximum Gasteiger partial charge on any atom is 0.472 e. The zero-order valence-corrected chi connectivity index (χ0v) is 55.0. The van der Waals surface area contributed by atoms with Crippen molar-refractivity contribution in [2.45, 2.75) is 251 Å². The van der Waals surface area contributed by atoms with Crippen molar-refractivity contribution in [2.24, 2.45) is 0 Å². The first-order valence-corrected chi connectivity index (χ1v) is 34.7. The lowest BCUT2D eigenvalue weighted by Gasteiger charge is -2.24. The number of carbonyl (C=O) groups excluding carboxylic acids is 2. The van der Waals surface area contributed by atoms with Crippen molar-refractivity contribution in [2.75, 3.05) is 47.5 Å². The maximum atomic E-state index is 12.8. The lowest BCUT2D eigenvalue weighted by molar-refractivity contribution is -0.870. The molecule has 0 radical (unpaired) electrons. The summed E-state index contributed by atoms with van der Waals surface area (Å²) in [5.74, 6) is -0.847. The number of likely N-dealkylation sites (N-methyl/N-ethyl adjacent to an activating group) is 1. The molecular weight excluding hydrogens is 1060 g/mol. The minimum absolute atomic E-state index is 0.0162. The van der Waals surface area contributed by atoms with Crippen LogP contribution in [-0.2, 0) is 32.7 Å².